The fourth-order valence-electron chi connectivity index (χ4n) is 3.03. The summed E-state index contributed by atoms with van der Waals surface area (Å²) in [5.74, 6) is 0. The minimum absolute atomic E-state index is 0.183. The second-order valence-corrected chi connectivity index (χ2v) is 7.51. The molecule has 0 amide bonds. The molecule has 0 bridgehead atoms. The fraction of sp³-hybridized carbons (Fsp3) is 0.0500. The molecule has 0 fully saturated rings. The first-order valence-corrected chi connectivity index (χ1v) is 9.45. The van der Waals surface area contributed by atoms with Crippen LogP contribution in [0.4, 0.5) is 13.2 Å². The molecule has 30 heavy (non-hydrogen) atoms. The summed E-state index contributed by atoms with van der Waals surface area (Å²) in [6.45, 7) is 0. The smallest absolute Gasteiger partial charge is 0.229 e. The summed E-state index contributed by atoms with van der Waals surface area (Å²) < 4.78 is 41.5. The highest BCUT2D eigenvalue weighted by atomic mass is 35.5. The maximum absolute atomic E-state index is 13.4. The predicted octanol–water partition coefficient (Wildman–Crippen LogP) is 6.94. The molecule has 0 radical (unpaired) electrons. The average molecular weight is 468 g/mol. The van der Waals surface area contributed by atoms with Crippen molar-refractivity contribution in [2.45, 2.75) is 6.18 Å². The molecule has 2 aromatic carbocycles. The largest absolute Gasteiger partial charge is 0.434 e. The third-order valence-corrected chi connectivity index (χ3v) is 5.10. The normalized spacial score (nSPS) is 11.6. The average Bonchev–Trinajstić information content (AvgIpc) is 3.05. The molecule has 10 heteroatoms. The van der Waals surface area contributed by atoms with Crippen LogP contribution in [0.3, 0.4) is 0 Å². The summed E-state index contributed by atoms with van der Waals surface area (Å²) >= 11 is 18.3. The highest BCUT2D eigenvalue weighted by Gasteiger charge is 2.37. The number of benzene rings is 2. The van der Waals surface area contributed by atoms with E-state index in [9.17, 15) is 18.4 Å². The summed E-state index contributed by atoms with van der Waals surface area (Å²) in [6, 6.07) is 14.0. The number of halogens is 6. The van der Waals surface area contributed by atoms with Crippen molar-refractivity contribution in [1.29, 1.82) is 5.26 Å². The lowest BCUT2D eigenvalue weighted by molar-refractivity contribution is -0.141. The van der Waals surface area contributed by atoms with Gasteiger partial charge in [-0.25, -0.2) is 9.67 Å². The zero-order valence-electron chi connectivity index (χ0n) is 14.7. The van der Waals surface area contributed by atoms with Crippen molar-refractivity contribution >= 4 is 45.8 Å². The molecular formula is C20H8Cl3F3N4. The highest BCUT2D eigenvalue weighted by molar-refractivity contribution is 6.35. The summed E-state index contributed by atoms with van der Waals surface area (Å²) in [6.07, 6.45) is -4.80. The lowest BCUT2D eigenvalue weighted by Crippen LogP contribution is -2.10. The summed E-state index contributed by atoms with van der Waals surface area (Å²) in [5.41, 5.74) is -0.700. The van der Waals surface area contributed by atoms with Crippen molar-refractivity contribution in [2.75, 3.05) is 0 Å². The van der Waals surface area contributed by atoms with E-state index in [1.165, 1.54) is 10.7 Å². The second kappa shape index (κ2) is 7.47. The molecule has 0 atom stereocenters. The van der Waals surface area contributed by atoms with E-state index in [4.69, 9.17) is 34.8 Å². The number of hydrogen-bond acceptors (Lipinski definition) is 3. The van der Waals surface area contributed by atoms with E-state index >= 15 is 0 Å². The van der Waals surface area contributed by atoms with E-state index in [-0.39, 0.29) is 16.1 Å². The molecule has 0 aliphatic heterocycles. The standard InChI is InChI=1S/C20H8Cl3F3N4/c21-12-3-1-10(2-4-12)17-14-7-11(9-27)18(20(24,25)26)28-19(14)29-30(17)16-6-5-13(22)8-15(16)23/h1-8H. The van der Waals surface area contributed by atoms with Gasteiger partial charge >= 0.3 is 6.18 Å². The number of rotatable bonds is 2. The van der Waals surface area contributed by atoms with Crippen LogP contribution in [-0.2, 0) is 6.18 Å². The van der Waals surface area contributed by atoms with Crippen molar-refractivity contribution in [1.82, 2.24) is 14.8 Å². The van der Waals surface area contributed by atoms with E-state index < -0.39 is 17.4 Å². The van der Waals surface area contributed by atoms with E-state index in [0.29, 0.717) is 27.0 Å². The Morgan fingerprint density at radius 3 is 2.20 bits per heavy atom. The Labute approximate surface area is 183 Å². The van der Waals surface area contributed by atoms with Gasteiger partial charge in [-0.2, -0.15) is 18.4 Å². The van der Waals surface area contributed by atoms with E-state index in [1.807, 2.05) is 0 Å². The van der Waals surface area contributed by atoms with Gasteiger partial charge in [0.1, 0.15) is 6.07 Å². The Balaban J connectivity index is 2.11. The summed E-state index contributed by atoms with van der Waals surface area (Å²) in [5, 5.41) is 14.9. The van der Waals surface area contributed by atoms with Gasteiger partial charge in [0, 0.05) is 21.0 Å². The van der Waals surface area contributed by atoms with Crippen LogP contribution in [-0.4, -0.2) is 14.8 Å². The van der Waals surface area contributed by atoms with Crippen LogP contribution in [0.5, 0.6) is 0 Å². The van der Waals surface area contributed by atoms with Crippen molar-refractivity contribution in [3.63, 3.8) is 0 Å². The second-order valence-electron chi connectivity index (χ2n) is 6.23. The monoisotopic (exact) mass is 466 g/mol. The minimum Gasteiger partial charge on any atom is -0.229 e. The van der Waals surface area contributed by atoms with Crippen LogP contribution in [0.1, 0.15) is 11.3 Å². The highest BCUT2D eigenvalue weighted by Crippen LogP contribution is 2.37. The molecule has 0 saturated carbocycles. The van der Waals surface area contributed by atoms with Crippen LogP contribution in [0.25, 0.3) is 28.0 Å². The summed E-state index contributed by atoms with van der Waals surface area (Å²) in [7, 11) is 0. The first kappa shape index (κ1) is 20.5. The van der Waals surface area contributed by atoms with Crippen molar-refractivity contribution in [2.24, 2.45) is 0 Å². The van der Waals surface area contributed by atoms with Gasteiger partial charge in [-0.15, -0.1) is 5.10 Å². The molecule has 0 spiro atoms. The van der Waals surface area contributed by atoms with E-state index in [1.54, 1.807) is 42.5 Å². The van der Waals surface area contributed by atoms with E-state index in [0.717, 1.165) is 6.07 Å². The van der Waals surface area contributed by atoms with Crippen LogP contribution in [0.15, 0.2) is 48.5 Å². The van der Waals surface area contributed by atoms with Crippen molar-refractivity contribution in [3.8, 4) is 23.0 Å². The van der Waals surface area contributed by atoms with Gasteiger partial charge < -0.3 is 0 Å². The minimum atomic E-state index is -4.80. The number of nitrogens with zero attached hydrogens (tertiary/aromatic N) is 4. The predicted molar refractivity (Wildman–Crippen MR) is 109 cm³/mol. The lowest BCUT2D eigenvalue weighted by Gasteiger charge is -2.10. The number of alkyl halides is 3. The number of aromatic nitrogens is 3. The molecule has 2 heterocycles. The Morgan fingerprint density at radius 2 is 1.60 bits per heavy atom. The molecule has 4 rings (SSSR count). The third kappa shape index (κ3) is 3.58. The molecular weight excluding hydrogens is 460 g/mol. The number of pyridine rings is 1. The molecule has 0 unspecified atom stereocenters. The van der Waals surface area contributed by atoms with Gasteiger partial charge in [-0.1, -0.05) is 46.9 Å². The Kier molecular flexibility index (Phi) is 5.10. The zero-order chi connectivity index (χ0) is 21.6. The maximum Gasteiger partial charge on any atom is 0.434 e. The molecule has 0 aliphatic carbocycles. The third-order valence-electron chi connectivity index (χ3n) is 4.31. The molecule has 4 aromatic rings. The molecule has 150 valence electrons. The maximum atomic E-state index is 13.4. The van der Waals surface area contributed by atoms with Crippen LogP contribution >= 0.6 is 34.8 Å². The number of nitriles is 1. The van der Waals surface area contributed by atoms with E-state index in [2.05, 4.69) is 10.1 Å². The zero-order valence-corrected chi connectivity index (χ0v) is 16.9. The first-order valence-electron chi connectivity index (χ1n) is 8.31. The van der Waals surface area contributed by atoms with Crippen LogP contribution in [0, 0.1) is 11.3 Å². The molecule has 0 saturated heterocycles. The van der Waals surface area contributed by atoms with Crippen LogP contribution < -0.4 is 0 Å². The fourth-order valence-corrected chi connectivity index (χ4v) is 3.64. The Bertz CT molecular complexity index is 1320. The topological polar surface area (TPSA) is 54.5 Å². The van der Waals surface area contributed by atoms with Gasteiger partial charge in [0.05, 0.1) is 22.0 Å². The molecule has 4 nitrogen and oxygen atoms in total. The van der Waals surface area contributed by atoms with Gasteiger partial charge in [0.2, 0.25) is 0 Å². The molecule has 0 N–H and O–H groups in total. The van der Waals surface area contributed by atoms with Crippen molar-refractivity contribution in [3.05, 3.63) is 74.9 Å². The Morgan fingerprint density at radius 1 is 0.933 bits per heavy atom. The quantitative estimate of drug-likeness (QED) is 0.321. The van der Waals surface area contributed by atoms with Gasteiger partial charge in [-0.05, 0) is 36.4 Å². The SMILES string of the molecule is N#Cc1cc2c(-c3ccc(Cl)cc3)n(-c3ccc(Cl)cc3Cl)nc2nc1C(F)(F)F. The lowest BCUT2D eigenvalue weighted by atomic mass is 10.1. The number of fused-ring (bicyclic) bond motifs is 1. The van der Waals surface area contributed by atoms with Gasteiger partial charge in [0.15, 0.2) is 11.3 Å². The number of hydrogen-bond donors (Lipinski definition) is 0. The van der Waals surface area contributed by atoms with Crippen molar-refractivity contribution < 1.29 is 13.2 Å². The molecule has 2 aromatic heterocycles. The molecule has 0 aliphatic rings. The van der Waals surface area contributed by atoms with Gasteiger partial charge in [-0.3, -0.25) is 0 Å². The van der Waals surface area contributed by atoms with Crippen LogP contribution in [0.2, 0.25) is 15.1 Å². The first-order chi connectivity index (χ1) is 14.2. The Hall–Kier alpha value is -2.79. The summed E-state index contributed by atoms with van der Waals surface area (Å²) in [4.78, 5) is 3.64. The van der Waals surface area contributed by atoms with Gasteiger partial charge in [0.25, 0.3) is 0 Å².